The number of halogens is 1. The number of hydrogen-bond donors (Lipinski definition) is 1. The van der Waals surface area contributed by atoms with E-state index in [0.717, 1.165) is 38.2 Å². The van der Waals surface area contributed by atoms with Crippen LogP contribution in [0.1, 0.15) is 12.8 Å². The molecular formula is C19H28ClN3O4. The van der Waals surface area contributed by atoms with Crippen LogP contribution in [0.4, 0.5) is 0 Å². The molecule has 3 rings (SSSR count). The minimum absolute atomic E-state index is 0. The number of piperazine rings is 1. The molecule has 1 N–H and O–H groups in total. The lowest BCUT2D eigenvalue weighted by Gasteiger charge is -2.41. The molecule has 8 heteroatoms. The molecule has 0 saturated carbocycles. The Bertz CT molecular complexity index is 602. The molecule has 1 aromatic rings. The number of benzene rings is 1. The molecule has 2 aliphatic rings. The van der Waals surface area contributed by atoms with Crippen molar-refractivity contribution in [3.05, 3.63) is 30.3 Å². The number of rotatable bonds is 7. The van der Waals surface area contributed by atoms with Crippen LogP contribution in [0.25, 0.3) is 0 Å². The fourth-order valence-electron chi connectivity index (χ4n) is 3.43. The van der Waals surface area contributed by atoms with Crippen LogP contribution in [-0.2, 0) is 14.3 Å². The van der Waals surface area contributed by atoms with Crippen molar-refractivity contribution in [3.8, 4) is 5.75 Å². The number of piperidine rings is 1. The van der Waals surface area contributed by atoms with Gasteiger partial charge in [0.1, 0.15) is 19.0 Å². The van der Waals surface area contributed by atoms with Crippen LogP contribution in [0.2, 0.25) is 0 Å². The summed E-state index contributed by atoms with van der Waals surface area (Å²) in [5.74, 6) is 0.906. The number of hydrogen-bond acceptors (Lipinski definition) is 5. The van der Waals surface area contributed by atoms with Gasteiger partial charge >= 0.3 is 0 Å². The Morgan fingerprint density at radius 2 is 2.00 bits per heavy atom. The van der Waals surface area contributed by atoms with E-state index in [1.54, 1.807) is 0 Å². The highest BCUT2D eigenvalue weighted by Crippen LogP contribution is 2.17. The average Bonchev–Trinajstić information content (AvgIpc) is 2.69. The van der Waals surface area contributed by atoms with Crippen LogP contribution in [0, 0.1) is 0 Å². The fraction of sp³-hybridized carbons (Fsp3) is 0.579. The predicted octanol–water partition coefficient (Wildman–Crippen LogP) is 0.927. The van der Waals surface area contributed by atoms with E-state index in [9.17, 15) is 9.59 Å². The van der Waals surface area contributed by atoms with Crippen molar-refractivity contribution in [2.24, 2.45) is 0 Å². The van der Waals surface area contributed by atoms with Crippen molar-refractivity contribution in [2.45, 2.75) is 18.9 Å². The fourth-order valence-corrected chi connectivity index (χ4v) is 3.43. The molecule has 2 aliphatic heterocycles. The second-order valence-corrected chi connectivity index (χ2v) is 6.61. The smallest absolute Gasteiger partial charge is 0.248 e. The van der Waals surface area contributed by atoms with Gasteiger partial charge in [0.2, 0.25) is 11.8 Å². The number of amides is 2. The molecule has 2 fully saturated rings. The minimum atomic E-state index is -0.0167. The summed E-state index contributed by atoms with van der Waals surface area (Å²) in [6, 6.07) is 9.66. The monoisotopic (exact) mass is 397 g/mol. The summed E-state index contributed by atoms with van der Waals surface area (Å²) >= 11 is 0. The summed E-state index contributed by atoms with van der Waals surface area (Å²) < 4.78 is 11.0. The molecule has 0 bridgehead atoms. The number of nitrogens with one attached hydrogen (secondary N) is 1. The highest BCUT2D eigenvalue weighted by atomic mass is 35.5. The summed E-state index contributed by atoms with van der Waals surface area (Å²) in [4.78, 5) is 28.2. The van der Waals surface area contributed by atoms with Gasteiger partial charge in [0.25, 0.3) is 0 Å². The highest BCUT2D eigenvalue weighted by Gasteiger charge is 2.31. The summed E-state index contributed by atoms with van der Waals surface area (Å²) in [6.07, 6.45) is 1.88. The molecule has 1 atom stereocenters. The zero-order chi connectivity index (χ0) is 18.2. The molecule has 150 valence electrons. The molecule has 0 radical (unpaired) electrons. The first kappa shape index (κ1) is 21.5. The Morgan fingerprint density at radius 3 is 2.78 bits per heavy atom. The quantitative estimate of drug-likeness (QED) is 0.693. The maximum atomic E-state index is 12.4. The zero-order valence-electron chi connectivity index (χ0n) is 15.5. The maximum absolute atomic E-state index is 12.4. The van der Waals surface area contributed by atoms with E-state index in [2.05, 4.69) is 5.32 Å². The molecule has 27 heavy (non-hydrogen) atoms. The van der Waals surface area contributed by atoms with E-state index < -0.39 is 0 Å². The van der Waals surface area contributed by atoms with Gasteiger partial charge in [0, 0.05) is 32.2 Å². The Balaban J connectivity index is 0.00000261. The summed E-state index contributed by atoms with van der Waals surface area (Å²) in [7, 11) is 0. The predicted molar refractivity (Wildman–Crippen MR) is 104 cm³/mol. The van der Waals surface area contributed by atoms with Crippen molar-refractivity contribution >= 4 is 24.2 Å². The van der Waals surface area contributed by atoms with E-state index in [1.807, 2.05) is 40.1 Å². The number of para-hydroxylation sites is 1. The van der Waals surface area contributed by atoms with Crippen molar-refractivity contribution in [1.82, 2.24) is 15.1 Å². The molecule has 1 aromatic carbocycles. The molecule has 0 aromatic heterocycles. The molecular weight excluding hydrogens is 370 g/mol. The number of carbonyl (C=O) groups excluding carboxylic acids is 2. The molecule has 1 unspecified atom stereocenters. The summed E-state index contributed by atoms with van der Waals surface area (Å²) in [5.41, 5.74) is 0. The van der Waals surface area contributed by atoms with E-state index in [-0.39, 0.29) is 36.9 Å². The Kier molecular flexibility index (Phi) is 8.84. The van der Waals surface area contributed by atoms with Gasteiger partial charge in [0.15, 0.2) is 0 Å². The molecule has 2 heterocycles. The Morgan fingerprint density at radius 1 is 1.19 bits per heavy atom. The SMILES string of the molecule is Cl.O=C(COCCOc1ccccc1)N1CCCC(N2CCNCC2=O)C1. The lowest BCUT2D eigenvalue weighted by Crippen LogP contribution is -2.57. The van der Waals surface area contributed by atoms with E-state index in [1.165, 1.54) is 0 Å². The van der Waals surface area contributed by atoms with Crippen LogP contribution >= 0.6 is 12.4 Å². The van der Waals surface area contributed by atoms with E-state index in [0.29, 0.717) is 26.3 Å². The molecule has 0 aliphatic carbocycles. The third-order valence-corrected chi connectivity index (χ3v) is 4.78. The van der Waals surface area contributed by atoms with Crippen LogP contribution in [-0.4, -0.2) is 80.2 Å². The van der Waals surface area contributed by atoms with Crippen LogP contribution in [0.15, 0.2) is 30.3 Å². The topological polar surface area (TPSA) is 71.1 Å². The maximum Gasteiger partial charge on any atom is 0.248 e. The normalized spacial score (nSPS) is 20.1. The second-order valence-electron chi connectivity index (χ2n) is 6.61. The van der Waals surface area contributed by atoms with Gasteiger partial charge in [-0.3, -0.25) is 9.59 Å². The van der Waals surface area contributed by atoms with Gasteiger partial charge in [-0.1, -0.05) is 18.2 Å². The van der Waals surface area contributed by atoms with Crippen LogP contribution in [0.5, 0.6) is 5.75 Å². The molecule has 2 saturated heterocycles. The largest absolute Gasteiger partial charge is 0.491 e. The number of ether oxygens (including phenoxy) is 2. The van der Waals surface area contributed by atoms with Crippen LogP contribution in [0.3, 0.4) is 0 Å². The van der Waals surface area contributed by atoms with Crippen molar-refractivity contribution < 1.29 is 19.1 Å². The third-order valence-electron chi connectivity index (χ3n) is 4.78. The van der Waals surface area contributed by atoms with Gasteiger partial charge < -0.3 is 24.6 Å². The summed E-state index contributed by atoms with van der Waals surface area (Å²) in [6.45, 7) is 4.12. The lowest BCUT2D eigenvalue weighted by molar-refractivity contribution is -0.143. The van der Waals surface area contributed by atoms with Gasteiger partial charge in [-0.05, 0) is 25.0 Å². The number of nitrogens with zero attached hydrogens (tertiary/aromatic N) is 2. The van der Waals surface area contributed by atoms with Crippen molar-refractivity contribution in [1.29, 1.82) is 0 Å². The minimum Gasteiger partial charge on any atom is -0.491 e. The molecule has 7 nitrogen and oxygen atoms in total. The van der Waals surface area contributed by atoms with Gasteiger partial charge in [-0.15, -0.1) is 12.4 Å². The van der Waals surface area contributed by atoms with Gasteiger partial charge in [0.05, 0.1) is 13.2 Å². The lowest BCUT2D eigenvalue weighted by atomic mass is 10.0. The standard InChI is InChI=1S/C19H27N3O4.ClH/c23-18-13-20-8-10-22(18)16-5-4-9-21(14-16)19(24)15-25-11-12-26-17-6-2-1-3-7-17;/h1-3,6-7,16,20H,4-5,8-15H2;1H. The molecule has 2 amide bonds. The van der Waals surface area contributed by atoms with Crippen molar-refractivity contribution in [2.75, 3.05) is 52.5 Å². The summed E-state index contributed by atoms with van der Waals surface area (Å²) in [5, 5.41) is 3.09. The van der Waals surface area contributed by atoms with Gasteiger partial charge in [-0.2, -0.15) is 0 Å². The second kappa shape index (κ2) is 11.1. The first-order chi connectivity index (χ1) is 12.7. The van der Waals surface area contributed by atoms with E-state index >= 15 is 0 Å². The molecule has 0 spiro atoms. The highest BCUT2D eigenvalue weighted by molar-refractivity contribution is 5.85. The zero-order valence-corrected chi connectivity index (χ0v) is 16.3. The van der Waals surface area contributed by atoms with Gasteiger partial charge in [-0.25, -0.2) is 0 Å². The first-order valence-corrected chi connectivity index (χ1v) is 9.27. The third kappa shape index (κ3) is 6.37. The Labute approximate surface area is 166 Å². The van der Waals surface area contributed by atoms with Crippen molar-refractivity contribution in [3.63, 3.8) is 0 Å². The Hall–Kier alpha value is -1.83. The van der Waals surface area contributed by atoms with Crippen LogP contribution < -0.4 is 10.1 Å². The average molecular weight is 398 g/mol. The first-order valence-electron chi connectivity index (χ1n) is 9.27. The number of carbonyl (C=O) groups is 2. The number of likely N-dealkylation sites (tertiary alicyclic amines) is 1. The van der Waals surface area contributed by atoms with E-state index in [4.69, 9.17) is 9.47 Å².